The number of amides is 1. The molecule has 2 aliphatic heterocycles. The molecule has 2 aromatic rings. The number of likely N-dealkylation sites (tertiary alicyclic amines) is 1. The third-order valence-corrected chi connectivity index (χ3v) is 4.91. The Balaban J connectivity index is 1.31. The topological polar surface area (TPSA) is 61.5 Å². The summed E-state index contributed by atoms with van der Waals surface area (Å²) in [7, 11) is 0. The number of cyclic esters (lactones) is 1. The molecule has 0 bridgehead atoms. The molecule has 1 amide bonds. The van der Waals surface area contributed by atoms with E-state index in [1.54, 1.807) is 4.90 Å². The van der Waals surface area contributed by atoms with E-state index in [-0.39, 0.29) is 6.09 Å². The number of nitrogens with one attached hydrogen (secondary N) is 1. The highest BCUT2D eigenvalue weighted by Crippen LogP contribution is 2.27. The molecule has 0 radical (unpaired) electrons. The largest absolute Gasteiger partial charge is 0.448 e. The third-order valence-electron chi connectivity index (χ3n) is 4.91. The maximum absolute atomic E-state index is 11.4. The highest BCUT2D eigenvalue weighted by molar-refractivity contribution is 5.74. The fraction of sp³-hybridized carbons (Fsp3) is 0.529. The van der Waals surface area contributed by atoms with Crippen LogP contribution in [0.3, 0.4) is 0 Å². The standard InChI is InChI=1S/C17H22N4O2/c22-17-21(11-12-23-17)10-9-20-7-5-13(6-8-20)16-18-14-3-1-2-4-15(14)19-16/h1-4,13H,5-12H2,(H,18,19). The molecular formula is C17H22N4O2. The van der Waals surface area contributed by atoms with Gasteiger partial charge in [0, 0.05) is 19.0 Å². The Morgan fingerprint density at radius 1 is 1.17 bits per heavy atom. The summed E-state index contributed by atoms with van der Waals surface area (Å²) in [6.45, 7) is 5.09. The molecule has 1 N–H and O–H groups in total. The molecular weight excluding hydrogens is 292 g/mol. The molecule has 23 heavy (non-hydrogen) atoms. The number of aromatic amines is 1. The number of H-pyrrole nitrogens is 1. The van der Waals surface area contributed by atoms with Gasteiger partial charge in [-0.3, -0.25) is 0 Å². The number of fused-ring (bicyclic) bond motifs is 1. The summed E-state index contributed by atoms with van der Waals surface area (Å²) in [5.74, 6) is 1.63. The van der Waals surface area contributed by atoms with Gasteiger partial charge in [-0.15, -0.1) is 0 Å². The smallest absolute Gasteiger partial charge is 0.409 e. The number of carbonyl (C=O) groups is 1. The second-order valence-electron chi connectivity index (χ2n) is 6.36. The minimum atomic E-state index is -0.165. The minimum Gasteiger partial charge on any atom is -0.448 e. The summed E-state index contributed by atoms with van der Waals surface area (Å²) in [6, 6.07) is 8.20. The molecule has 6 heteroatoms. The van der Waals surface area contributed by atoms with Gasteiger partial charge in [0.15, 0.2) is 0 Å². The third kappa shape index (κ3) is 3.03. The number of ether oxygens (including phenoxy) is 1. The van der Waals surface area contributed by atoms with Crippen molar-refractivity contribution in [3.63, 3.8) is 0 Å². The molecule has 0 aliphatic carbocycles. The Kier molecular flexibility index (Phi) is 3.91. The average Bonchev–Trinajstić information content (AvgIpc) is 3.19. The number of aromatic nitrogens is 2. The van der Waals surface area contributed by atoms with E-state index in [0.717, 1.165) is 62.4 Å². The van der Waals surface area contributed by atoms with Gasteiger partial charge in [-0.1, -0.05) is 12.1 Å². The van der Waals surface area contributed by atoms with Crippen LogP contribution in [-0.2, 0) is 4.74 Å². The summed E-state index contributed by atoms with van der Waals surface area (Å²) in [5, 5.41) is 0. The Hall–Kier alpha value is -2.08. The van der Waals surface area contributed by atoms with Crippen LogP contribution in [0.5, 0.6) is 0 Å². The molecule has 122 valence electrons. The van der Waals surface area contributed by atoms with Gasteiger partial charge in [0.25, 0.3) is 0 Å². The van der Waals surface area contributed by atoms with Crippen molar-refractivity contribution in [2.75, 3.05) is 39.3 Å². The zero-order valence-corrected chi connectivity index (χ0v) is 13.2. The second kappa shape index (κ2) is 6.20. The van der Waals surface area contributed by atoms with Crippen molar-refractivity contribution in [2.45, 2.75) is 18.8 Å². The number of imidazole rings is 1. The summed E-state index contributed by atoms with van der Waals surface area (Å²) in [4.78, 5) is 23.9. The van der Waals surface area contributed by atoms with Crippen molar-refractivity contribution in [1.82, 2.24) is 19.8 Å². The summed E-state index contributed by atoms with van der Waals surface area (Å²) in [6.07, 6.45) is 2.07. The zero-order valence-electron chi connectivity index (χ0n) is 13.2. The quantitative estimate of drug-likeness (QED) is 0.940. The van der Waals surface area contributed by atoms with Crippen LogP contribution in [0.2, 0.25) is 0 Å². The Labute approximate surface area is 135 Å². The van der Waals surface area contributed by atoms with E-state index in [1.807, 2.05) is 12.1 Å². The Bertz CT molecular complexity index is 658. The van der Waals surface area contributed by atoms with Crippen molar-refractivity contribution in [3.8, 4) is 0 Å². The molecule has 0 spiro atoms. The van der Waals surface area contributed by atoms with Gasteiger partial charge >= 0.3 is 6.09 Å². The number of hydrogen-bond donors (Lipinski definition) is 1. The maximum Gasteiger partial charge on any atom is 0.409 e. The number of carbonyl (C=O) groups excluding carboxylic acids is 1. The molecule has 0 atom stereocenters. The van der Waals surface area contributed by atoms with Crippen molar-refractivity contribution in [3.05, 3.63) is 30.1 Å². The van der Waals surface area contributed by atoms with E-state index in [0.29, 0.717) is 12.5 Å². The van der Waals surface area contributed by atoms with Crippen LogP contribution in [0.4, 0.5) is 4.79 Å². The summed E-state index contributed by atoms with van der Waals surface area (Å²) in [5.41, 5.74) is 2.18. The monoisotopic (exact) mass is 314 g/mol. The van der Waals surface area contributed by atoms with E-state index >= 15 is 0 Å². The maximum atomic E-state index is 11.4. The lowest BCUT2D eigenvalue weighted by atomic mass is 9.96. The van der Waals surface area contributed by atoms with Gasteiger partial charge in [-0.25, -0.2) is 9.78 Å². The van der Waals surface area contributed by atoms with Gasteiger partial charge in [0.2, 0.25) is 0 Å². The van der Waals surface area contributed by atoms with E-state index in [4.69, 9.17) is 9.72 Å². The number of nitrogens with zero attached hydrogens (tertiary/aromatic N) is 3. The van der Waals surface area contributed by atoms with E-state index < -0.39 is 0 Å². The lowest BCUT2D eigenvalue weighted by Crippen LogP contribution is -2.39. The van der Waals surface area contributed by atoms with Crippen molar-refractivity contribution in [1.29, 1.82) is 0 Å². The van der Waals surface area contributed by atoms with Crippen LogP contribution in [0.1, 0.15) is 24.6 Å². The van der Waals surface area contributed by atoms with Crippen LogP contribution >= 0.6 is 0 Å². The fourth-order valence-electron chi connectivity index (χ4n) is 3.49. The minimum absolute atomic E-state index is 0.165. The number of rotatable bonds is 4. The van der Waals surface area contributed by atoms with Gasteiger partial charge in [0.1, 0.15) is 12.4 Å². The molecule has 2 saturated heterocycles. The van der Waals surface area contributed by atoms with E-state index in [9.17, 15) is 4.79 Å². The molecule has 2 aliphatic rings. The Morgan fingerprint density at radius 2 is 2.00 bits per heavy atom. The summed E-state index contributed by atoms with van der Waals surface area (Å²) >= 11 is 0. The first-order valence-electron chi connectivity index (χ1n) is 8.38. The number of hydrogen-bond acceptors (Lipinski definition) is 4. The molecule has 0 unspecified atom stereocenters. The van der Waals surface area contributed by atoms with Gasteiger partial charge < -0.3 is 19.5 Å². The number of benzene rings is 1. The van der Waals surface area contributed by atoms with Gasteiger partial charge in [-0.2, -0.15) is 0 Å². The van der Waals surface area contributed by atoms with E-state index in [2.05, 4.69) is 22.0 Å². The normalized spacial score (nSPS) is 20.3. The molecule has 0 saturated carbocycles. The molecule has 1 aromatic carbocycles. The van der Waals surface area contributed by atoms with Gasteiger partial charge in [-0.05, 0) is 38.1 Å². The number of piperidine rings is 1. The lowest BCUT2D eigenvalue weighted by molar-refractivity contribution is 0.148. The van der Waals surface area contributed by atoms with Crippen LogP contribution in [0.25, 0.3) is 11.0 Å². The predicted octanol–water partition coefficient (Wildman–Crippen LogP) is 2.19. The molecule has 4 rings (SSSR count). The highest BCUT2D eigenvalue weighted by atomic mass is 16.6. The molecule has 6 nitrogen and oxygen atoms in total. The van der Waals surface area contributed by atoms with Crippen molar-refractivity contribution >= 4 is 17.1 Å². The van der Waals surface area contributed by atoms with Crippen LogP contribution < -0.4 is 0 Å². The fourth-order valence-corrected chi connectivity index (χ4v) is 3.49. The van der Waals surface area contributed by atoms with Crippen LogP contribution in [0, 0.1) is 0 Å². The predicted molar refractivity (Wildman–Crippen MR) is 87.4 cm³/mol. The van der Waals surface area contributed by atoms with Crippen molar-refractivity contribution in [2.24, 2.45) is 0 Å². The first kappa shape index (κ1) is 14.5. The lowest BCUT2D eigenvalue weighted by Gasteiger charge is -2.31. The zero-order chi connectivity index (χ0) is 15.6. The molecule has 2 fully saturated rings. The molecule has 3 heterocycles. The van der Waals surface area contributed by atoms with Gasteiger partial charge in [0.05, 0.1) is 17.6 Å². The van der Waals surface area contributed by atoms with Crippen LogP contribution in [0.15, 0.2) is 24.3 Å². The highest BCUT2D eigenvalue weighted by Gasteiger charge is 2.25. The first-order chi connectivity index (χ1) is 11.3. The number of para-hydroxylation sites is 2. The summed E-state index contributed by atoms with van der Waals surface area (Å²) < 4.78 is 4.97. The van der Waals surface area contributed by atoms with Crippen molar-refractivity contribution < 1.29 is 9.53 Å². The second-order valence-corrected chi connectivity index (χ2v) is 6.36. The Morgan fingerprint density at radius 3 is 2.74 bits per heavy atom. The molecule has 1 aromatic heterocycles. The van der Waals surface area contributed by atoms with E-state index in [1.165, 1.54) is 0 Å². The SMILES string of the molecule is O=C1OCCN1CCN1CCC(c2nc3ccccc3[nH]2)CC1. The average molecular weight is 314 g/mol. The first-order valence-corrected chi connectivity index (χ1v) is 8.38. The van der Waals surface area contributed by atoms with Crippen LogP contribution in [-0.4, -0.2) is 65.2 Å².